The third kappa shape index (κ3) is 14.6. The Morgan fingerprint density at radius 3 is 1.84 bits per heavy atom. The Balaban J connectivity index is 1.88. The maximum Gasteiger partial charge on any atom is 0.305 e. The number of hydrogen-bond donors (Lipinski definition) is 10. The van der Waals surface area contributed by atoms with Crippen molar-refractivity contribution in [1.29, 1.82) is 0 Å². The molecule has 0 unspecified atom stereocenters. The lowest BCUT2D eigenvalue weighted by Gasteiger charge is -2.32. The van der Waals surface area contributed by atoms with Gasteiger partial charge >= 0.3 is 5.97 Å². The van der Waals surface area contributed by atoms with Crippen molar-refractivity contribution in [2.24, 2.45) is 23.3 Å². The Hall–Kier alpha value is -5.92. The summed E-state index contributed by atoms with van der Waals surface area (Å²) in [6.07, 6.45) is -2.14. The minimum absolute atomic E-state index is 0.0451. The van der Waals surface area contributed by atoms with Crippen LogP contribution in [-0.2, 0) is 51.2 Å². The van der Waals surface area contributed by atoms with Crippen LogP contribution < -0.4 is 38.1 Å². The lowest BCUT2D eigenvalue weighted by molar-refractivity contribution is -0.148. The van der Waals surface area contributed by atoms with Crippen molar-refractivity contribution in [2.75, 3.05) is 13.2 Å². The fraction of sp³-hybridized carbons (Fsp3) is 0.524. The SMILES string of the molecule is CC[C@H](C)[C@H](NC(=O)[C@@H]1CCCN1C(=O)[C@@H](O)[C@H](Cc1ccccc1)NC(=O)[C@H](CC(=O)O)NC(=O)[C@H](Cc1ccccc1)NC(=O)[C@@H](N)CO)C(=O)N[C@H](C(N)=O)C(C)C. The summed E-state index contributed by atoms with van der Waals surface area (Å²) in [4.78, 5) is 107. The molecule has 0 bridgehead atoms. The van der Waals surface area contributed by atoms with Crippen molar-refractivity contribution in [2.45, 2.75) is 115 Å². The van der Waals surface area contributed by atoms with Crippen LogP contribution in [0.25, 0.3) is 0 Å². The Morgan fingerprint density at radius 1 is 0.754 bits per heavy atom. The number of aliphatic hydroxyl groups excluding tert-OH is 2. The van der Waals surface area contributed by atoms with E-state index in [9.17, 15) is 53.7 Å². The third-order valence-electron chi connectivity index (χ3n) is 10.6. The van der Waals surface area contributed by atoms with E-state index < -0.39 is 115 Å². The number of hydrogen-bond acceptors (Lipinski definition) is 11. The van der Waals surface area contributed by atoms with Gasteiger partial charge in [0.25, 0.3) is 5.91 Å². The van der Waals surface area contributed by atoms with Gasteiger partial charge in [-0.1, -0.05) is 94.8 Å². The summed E-state index contributed by atoms with van der Waals surface area (Å²) in [7, 11) is 0. The molecule has 1 saturated heterocycles. The second-order valence-corrected chi connectivity index (χ2v) is 15.6. The second-order valence-electron chi connectivity index (χ2n) is 15.6. The van der Waals surface area contributed by atoms with Crippen molar-refractivity contribution in [3.05, 3.63) is 71.8 Å². The number of nitrogens with one attached hydrogen (secondary N) is 5. The lowest BCUT2D eigenvalue weighted by Crippen LogP contribution is -2.61. The monoisotopic (exact) mass is 852 g/mol. The number of aliphatic carboxylic acids is 1. The Labute approximate surface area is 354 Å². The van der Waals surface area contributed by atoms with E-state index in [1.807, 2.05) is 6.92 Å². The Morgan fingerprint density at radius 2 is 1.31 bits per heavy atom. The van der Waals surface area contributed by atoms with Crippen LogP contribution in [0, 0.1) is 11.8 Å². The number of amides is 7. The molecule has 334 valence electrons. The molecule has 2 aromatic rings. The molecule has 1 aliphatic rings. The smallest absolute Gasteiger partial charge is 0.305 e. The van der Waals surface area contributed by atoms with E-state index in [-0.39, 0.29) is 31.7 Å². The maximum absolute atomic E-state index is 14.1. The Kier molecular flexibility index (Phi) is 19.3. The van der Waals surface area contributed by atoms with Gasteiger partial charge in [0, 0.05) is 13.0 Å². The predicted molar refractivity (Wildman–Crippen MR) is 221 cm³/mol. The number of primary amides is 1. The summed E-state index contributed by atoms with van der Waals surface area (Å²) >= 11 is 0. The topological polar surface area (TPSA) is 313 Å². The molecule has 19 nitrogen and oxygen atoms in total. The van der Waals surface area contributed by atoms with Crippen LogP contribution in [0.4, 0.5) is 0 Å². The van der Waals surface area contributed by atoms with Gasteiger partial charge in [-0.3, -0.25) is 38.4 Å². The number of carboxylic acids is 1. The van der Waals surface area contributed by atoms with Crippen LogP contribution in [0.15, 0.2) is 60.7 Å². The van der Waals surface area contributed by atoms with E-state index in [0.29, 0.717) is 24.0 Å². The summed E-state index contributed by atoms with van der Waals surface area (Å²) in [5.41, 5.74) is 12.3. The molecular formula is C42H60N8O11. The minimum atomic E-state index is -1.99. The number of carboxylic acid groups (broad SMARTS) is 1. The van der Waals surface area contributed by atoms with E-state index in [0.717, 1.165) is 4.90 Å². The van der Waals surface area contributed by atoms with E-state index in [1.165, 1.54) is 0 Å². The third-order valence-corrected chi connectivity index (χ3v) is 10.6. The first-order valence-electron chi connectivity index (χ1n) is 20.3. The largest absolute Gasteiger partial charge is 0.481 e. The number of rotatable bonds is 23. The Bertz CT molecular complexity index is 1830. The zero-order valence-corrected chi connectivity index (χ0v) is 34.9. The first-order valence-corrected chi connectivity index (χ1v) is 20.3. The van der Waals surface area contributed by atoms with Gasteiger partial charge in [0.15, 0.2) is 6.10 Å². The van der Waals surface area contributed by atoms with Gasteiger partial charge in [0.05, 0.1) is 19.1 Å². The number of carbonyl (C=O) groups is 8. The van der Waals surface area contributed by atoms with Crippen LogP contribution >= 0.6 is 0 Å². The van der Waals surface area contributed by atoms with Gasteiger partial charge in [-0.2, -0.15) is 0 Å². The van der Waals surface area contributed by atoms with Gasteiger partial charge in [0.2, 0.25) is 35.4 Å². The molecule has 1 aliphatic heterocycles. The molecule has 7 amide bonds. The number of aliphatic hydroxyl groups is 2. The highest BCUT2D eigenvalue weighted by Gasteiger charge is 2.42. The van der Waals surface area contributed by atoms with E-state index >= 15 is 0 Å². The van der Waals surface area contributed by atoms with Crippen LogP contribution in [-0.4, -0.2) is 129 Å². The molecule has 0 spiro atoms. The van der Waals surface area contributed by atoms with Crippen LogP contribution in [0.2, 0.25) is 0 Å². The van der Waals surface area contributed by atoms with Crippen LogP contribution in [0.1, 0.15) is 64.5 Å². The molecule has 2 aromatic carbocycles. The molecule has 1 fully saturated rings. The minimum Gasteiger partial charge on any atom is -0.481 e. The maximum atomic E-state index is 14.1. The first-order chi connectivity index (χ1) is 28.9. The summed E-state index contributed by atoms with van der Waals surface area (Å²) < 4.78 is 0. The van der Waals surface area contributed by atoms with Crippen LogP contribution in [0.5, 0.6) is 0 Å². The highest BCUT2D eigenvalue weighted by Crippen LogP contribution is 2.22. The van der Waals surface area contributed by atoms with Gasteiger partial charge < -0.3 is 58.3 Å². The quantitative estimate of drug-likeness (QED) is 0.0594. The highest BCUT2D eigenvalue weighted by atomic mass is 16.4. The van der Waals surface area contributed by atoms with Gasteiger partial charge in [0.1, 0.15) is 36.3 Å². The molecule has 1 heterocycles. The molecular weight excluding hydrogens is 793 g/mol. The molecule has 12 N–H and O–H groups in total. The zero-order chi connectivity index (χ0) is 45.4. The summed E-state index contributed by atoms with van der Waals surface area (Å²) in [5, 5.41) is 43.5. The summed E-state index contributed by atoms with van der Waals surface area (Å²) in [5.74, 6) is -8.09. The van der Waals surface area contributed by atoms with Crippen molar-refractivity contribution < 1.29 is 53.7 Å². The summed E-state index contributed by atoms with van der Waals surface area (Å²) in [6.45, 7) is 6.29. The average Bonchev–Trinajstić information content (AvgIpc) is 3.73. The van der Waals surface area contributed by atoms with Crippen molar-refractivity contribution in [3.8, 4) is 0 Å². The average molecular weight is 853 g/mol. The molecule has 61 heavy (non-hydrogen) atoms. The van der Waals surface area contributed by atoms with Gasteiger partial charge in [-0.25, -0.2) is 0 Å². The highest BCUT2D eigenvalue weighted by molar-refractivity contribution is 5.97. The molecule has 9 atom stereocenters. The molecule has 3 rings (SSSR count). The molecule has 0 aromatic heterocycles. The molecule has 19 heteroatoms. The molecule has 0 saturated carbocycles. The molecule has 0 aliphatic carbocycles. The normalized spacial score (nSPS) is 17.6. The molecule has 0 radical (unpaired) electrons. The first kappa shape index (κ1) is 49.4. The number of carbonyl (C=O) groups excluding carboxylic acids is 7. The number of benzene rings is 2. The fourth-order valence-electron chi connectivity index (χ4n) is 6.88. The van der Waals surface area contributed by atoms with E-state index in [4.69, 9.17) is 11.5 Å². The van der Waals surface area contributed by atoms with Crippen molar-refractivity contribution in [1.82, 2.24) is 31.5 Å². The van der Waals surface area contributed by atoms with Gasteiger partial charge in [-0.05, 0) is 42.2 Å². The summed E-state index contributed by atoms with van der Waals surface area (Å²) in [6, 6.07) is 7.79. The number of likely N-dealkylation sites (tertiary alicyclic amines) is 1. The fourth-order valence-corrected chi connectivity index (χ4v) is 6.88. The van der Waals surface area contributed by atoms with Gasteiger partial charge in [-0.15, -0.1) is 0 Å². The number of nitrogens with zero attached hydrogens (tertiary/aromatic N) is 1. The predicted octanol–water partition coefficient (Wildman–Crippen LogP) is -1.77. The van der Waals surface area contributed by atoms with Crippen LogP contribution in [0.3, 0.4) is 0 Å². The standard InChI is InChI=1S/C42H60N8O11/c1-5-24(4)34(41(60)48-33(23(2)3)36(44)55)49-40(59)31-17-12-18-50(31)42(61)35(54)28(19-25-13-8-6-9-14-25)45-39(58)30(21-32(52)53)47-38(57)29(46-37(56)27(43)22-51)20-26-15-10-7-11-16-26/h6-11,13-16,23-24,27-31,33-35,51,54H,5,12,17-22,43H2,1-4H3,(H2,44,55)(H,45,58)(H,46,56)(H,47,57)(H,48,60)(H,49,59)(H,52,53)/t24-,27-,28-,29-,30-,31-,33-,34-,35-/m0/s1. The van der Waals surface area contributed by atoms with E-state index in [2.05, 4.69) is 26.6 Å². The van der Waals surface area contributed by atoms with Crippen molar-refractivity contribution >= 4 is 47.3 Å². The lowest BCUT2D eigenvalue weighted by atomic mass is 9.96. The van der Waals surface area contributed by atoms with E-state index in [1.54, 1.807) is 81.4 Å². The number of nitrogens with two attached hydrogens (primary N) is 2. The second kappa shape index (κ2) is 23.8. The van der Waals surface area contributed by atoms with Crippen molar-refractivity contribution in [3.63, 3.8) is 0 Å². The zero-order valence-electron chi connectivity index (χ0n) is 34.9.